The van der Waals surface area contributed by atoms with E-state index in [1.807, 2.05) is 30.5 Å². The van der Waals surface area contributed by atoms with E-state index in [1.54, 1.807) is 0 Å². The van der Waals surface area contributed by atoms with Gasteiger partial charge in [0, 0.05) is 24.4 Å². The van der Waals surface area contributed by atoms with Crippen LogP contribution in [0.2, 0.25) is 0 Å². The summed E-state index contributed by atoms with van der Waals surface area (Å²) in [6, 6.07) is 7.02. The Hall–Kier alpha value is -1.89. The van der Waals surface area contributed by atoms with Crippen LogP contribution in [-0.4, -0.2) is 43.7 Å². The van der Waals surface area contributed by atoms with Gasteiger partial charge in [-0.15, -0.1) is 0 Å². The van der Waals surface area contributed by atoms with Crippen LogP contribution in [0, 0.1) is 0 Å². The first-order valence-corrected chi connectivity index (χ1v) is 8.69. The Kier molecular flexibility index (Phi) is 3.05. The summed E-state index contributed by atoms with van der Waals surface area (Å²) in [5.41, 5.74) is 6.81. The maximum Gasteiger partial charge on any atom is 0.315 e. The molecule has 0 aliphatic carbocycles. The van der Waals surface area contributed by atoms with Crippen LogP contribution in [0.1, 0.15) is 18.4 Å². The molecular formula is C14H17N3O3S. The molecule has 2 amide bonds. The van der Waals surface area contributed by atoms with Crippen LogP contribution in [-0.2, 0) is 15.3 Å². The molecule has 2 heterocycles. The monoisotopic (exact) mass is 307 g/mol. The number of nitrogens with two attached hydrogens (primary N) is 1. The summed E-state index contributed by atoms with van der Waals surface area (Å²) in [6.45, 7) is 0.313. The zero-order valence-corrected chi connectivity index (χ0v) is 12.5. The van der Waals surface area contributed by atoms with Crippen LogP contribution in [0.15, 0.2) is 29.3 Å². The van der Waals surface area contributed by atoms with Gasteiger partial charge in [0.2, 0.25) is 0 Å². The number of rotatable bonds is 1. The number of hydrogen-bond acceptors (Lipinski definition) is 4. The molecule has 0 radical (unpaired) electrons. The quantitative estimate of drug-likeness (QED) is 0.844. The number of benzene rings is 1. The summed E-state index contributed by atoms with van der Waals surface area (Å²) in [5.74, 6) is 0. The van der Waals surface area contributed by atoms with Crippen molar-refractivity contribution in [3.63, 3.8) is 0 Å². The van der Waals surface area contributed by atoms with E-state index < -0.39 is 26.7 Å². The Morgan fingerprint density at radius 2 is 2.14 bits per heavy atom. The molecule has 3 rings (SSSR count). The van der Waals surface area contributed by atoms with Gasteiger partial charge in [-0.25, -0.2) is 13.2 Å². The number of hydrogen-bond donors (Lipinski definition) is 1. The van der Waals surface area contributed by atoms with Crippen molar-refractivity contribution in [3.05, 3.63) is 29.8 Å². The Balaban J connectivity index is 2.03. The molecule has 2 aliphatic heterocycles. The summed E-state index contributed by atoms with van der Waals surface area (Å²) in [4.78, 5) is 17.2. The number of urea groups is 1. The van der Waals surface area contributed by atoms with Crippen molar-refractivity contribution in [1.82, 2.24) is 4.90 Å². The fourth-order valence-electron chi connectivity index (χ4n) is 3.25. The van der Waals surface area contributed by atoms with E-state index in [1.165, 1.54) is 4.90 Å². The molecular weight excluding hydrogens is 290 g/mol. The number of amides is 2. The number of fused-ring (bicyclic) bond motifs is 2. The van der Waals surface area contributed by atoms with E-state index >= 15 is 0 Å². The van der Waals surface area contributed by atoms with E-state index in [0.29, 0.717) is 19.4 Å². The maximum absolute atomic E-state index is 12.1. The lowest BCUT2D eigenvalue weighted by Gasteiger charge is -2.42. The molecule has 112 valence electrons. The number of nitrogens with zero attached hydrogens (tertiary/aromatic N) is 2. The third-order valence-electron chi connectivity index (χ3n) is 4.35. The van der Waals surface area contributed by atoms with E-state index in [0.717, 1.165) is 17.5 Å². The van der Waals surface area contributed by atoms with Gasteiger partial charge in [0.05, 0.1) is 5.69 Å². The van der Waals surface area contributed by atoms with Crippen molar-refractivity contribution >= 4 is 27.8 Å². The largest absolute Gasteiger partial charge is 0.351 e. The average Bonchev–Trinajstić information content (AvgIpc) is 2.77. The number of carbonyl (C=O) groups is 1. The van der Waals surface area contributed by atoms with Crippen LogP contribution in [0.5, 0.6) is 0 Å². The maximum atomic E-state index is 12.1. The minimum absolute atomic E-state index is 0.301. The first-order valence-electron chi connectivity index (χ1n) is 6.73. The predicted octanol–water partition coefficient (Wildman–Crippen LogP) is 1.19. The SMILES string of the molecule is CS(=O)(=O)C1CC2(C=Nc3ccccc32)CCN1C(N)=O. The highest BCUT2D eigenvalue weighted by Crippen LogP contribution is 2.45. The zero-order valence-electron chi connectivity index (χ0n) is 11.7. The molecule has 2 atom stereocenters. The molecule has 2 N–H and O–H groups in total. The van der Waals surface area contributed by atoms with Gasteiger partial charge in [-0.2, -0.15) is 0 Å². The Bertz CT molecular complexity index is 729. The third-order valence-corrected chi connectivity index (χ3v) is 5.76. The molecule has 7 heteroatoms. The molecule has 1 saturated heterocycles. The number of likely N-dealkylation sites (tertiary alicyclic amines) is 1. The van der Waals surface area contributed by atoms with E-state index in [2.05, 4.69) is 4.99 Å². The molecule has 0 bridgehead atoms. The molecule has 2 aliphatic rings. The van der Waals surface area contributed by atoms with Gasteiger partial charge in [0.15, 0.2) is 9.84 Å². The zero-order chi connectivity index (χ0) is 15.3. The number of carbonyl (C=O) groups excluding carboxylic acids is 1. The van der Waals surface area contributed by atoms with Crippen molar-refractivity contribution < 1.29 is 13.2 Å². The normalized spacial score (nSPS) is 27.9. The third kappa shape index (κ3) is 2.21. The number of primary amides is 1. The van der Waals surface area contributed by atoms with Crippen molar-refractivity contribution in [2.24, 2.45) is 10.7 Å². The van der Waals surface area contributed by atoms with Gasteiger partial charge in [-0.1, -0.05) is 18.2 Å². The summed E-state index contributed by atoms with van der Waals surface area (Å²) in [6.07, 6.45) is 3.90. The fourth-order valence-corrected chi connectivity index (χ4v) is 4.53. The molecule has 1 fully saturated rings. The van der Waals surface area contributed by atoms with Gasteiger partial charge < -0.3 is 10.6 Å². The van der Waals surface area contributed by atoms with Crippen LogP contribution >= 0.6 is 0 Å². The van der Waals surface area contributed by atoms with Crippen molar-refractivity contribution in [1.29, 1.82) is 0 Å². The van der Waals surface area contributed by atoms with Crippen LogP contribution in [0.3, 0.4) is 0 Å². The van der Waals surface area contributed by atoms with Gasteiger partial charge >= 0.3 is 6.03 Å². The van der Waals surface area contributed by atoms with Crippen molar-refractivity contribution in [2.45, 2.75) is 23.6 Å². The minimum atomic E-state index is -3.42. The van der Waals surface area contributed by atoms with Gasteiger partial charge in [-0.05, 0) is 24.5 Å². The fraction of sp³-hybridized carbons (Fsp3) is 0.429. The lowest BCUT2D eigenvalue weighted by atomic mass is 9.74. The smallest absolute Gasteiger partial charge is 0.315 e. The molecule has 0 saturated carbocycles. The highest BCUT2D eigenvalue weighted by molar-refractivity contribution is 7.91. The Morgan fingerprint density at radius 3 is 2.81 bits per heavy atom. The molecule has 1 spiro atoms. The van der Waals surface area contributed by atoms with E-state index in [9.17, 15) is 13.2 Å². The van der Waals surface area contributed by atoms with Crippen LogP contribution in [0.25, 0.3) is 0 Å². The average molecular weight is 307 g/mol. The van der Waals surface area contributed by atoms with Gasteiger partial charge in [0.25, 0.3) is 0 Å². The summed E-state index contributed by atoms with van der Waals surface area (Å²) in [5, 5.41) is -0.902. The second-order valence-electron chi connectivity index (χ2n) is 5.70. The number of para-hydroxylation sites is 1. The first kappa shape index (κ1) is 14.1. The van der Waals surface area contributed by atoms with Gasteiger partial charge in [0.1, 0.15) is 5.37 Å². The molecule has 2 unspecified atom stereocenters. The second kappa shape index (κ2) is 4.56. The number of sulfone groups is 1. The molecule has 0 aromatic heterocycles. The number of aliphatic imine (C=N–C) groups is 1. The standard InChI is InChI=1S/C14H17N3O3S/c1-21(19,20)12-8-14(6-7-17(12)13(15)18)9-16-11-5-3-2-4-10(11)14/h2-5,9,12H,6-8H2,1H3,(H2,15,18). The first-order chi connectivity index (χ1) is 9.83. The topological polar surface area (TPSA) is 92.8 Å². The van der Waals surface area contributed by atoms with E-state index in [-0.39, 0.29) is 0 Å². The Labute approximate surface area is 123 Å². The minimum Gasteiger partial charge on any atom is -0.351 e. The summed E-state index contributed by atoms with van der Waals surface area (Å²) in [7, 11) is -3.42. The second-order valence-corrected chi connectivity index (χ2v) is 7.90. The van der Waals surface area contributed by atoms with Crippen LogP contribution < -0.4 is 5.73 Å². The molecule has 1 aromatic carbocycles. The predicted molar refractivity (Wildman–Crippen MR) is 80.4 cm³/mol. The Morgan fingerprint density at radius 1 is 1.43 bits per heavy atom. The summed E-state index contributed by atoms with van der Waals surface area (Å²) < 4.78 is 24.1. The molecule has 6 nitrogen and oxygen atoms in total. The lowest BCUT2D eigenvalue weighted by Crippen LogP contribution is -2.55. The van der Waals surface area contributed by atoms with E-state index in [4.69, 9.17) is 5.73 Å². The lowest BCUT2D eigenvalue weighted by molar-refractivity contribution is 0.169. The van der Waals surface area contributed by atoms with Crippen molar-refractivity contribution in [3.8, 4) is 0 Å². The molecule has 1 aromatic rings. The van der Waals surface area contributed by atoms with Gasteiger partial charge in [-0.3, -0.25) is 4.99 Å². The van der Waals surface area contributed by atoms with Crippen LogP contribution in [0.4, 0.5) is 10.5 Å². The van der Waals surface area contributed by atoms with Crippen molar-refractivity contribution in [2.75, 3.05) is 12.8 Å². The molecule has 21 heavy (non-hydrogen) atoms. The highest BCUT2D eigenvalue weighted by atomic mass is 32.2. The number of piperidine rings is 1. The highest BCUT2D eigenvalue weighted by Gasteiger charge is 2.47. The summed E-state index contributed by atoms with van der Waals surface area (Å²) >= 11 is 0.